The third-order valence-corrected chi connectivity index (χ3v) is 9.94. The van der Waals surface area contributed by atoms with Crippen molar-refractivity contribution < 1.29 is 38.6 Å². The van der Waals surface area contributed by atoms with E-state index in [1.165, 1.54) is 36.0 Å². The first-order chi connectivity index (χ1) is 25.7. The van der Waals surface area contributed by atoms with Crippen LogP contribution in [0.25, 0.3) is 10.1 Å². The zero-order valence-electron chi connectivity index (χ0n) is 28.1. The number of H-pyrrole nitrogens is 1. The lowest BCUT2D eigenvalue weighted by Gasteiger charge is -2.26. The normalized spacial score (nSPS) is 14.1. The molecule has 4 amide bonds. The second-order valence-electron chi connectivity index (χ2n) is 12.2. The highest BCUT2D eigenvalue weighted by molar-refractivity contribution is 7.80. The Labute approximate surface area is 313 Å². The van der Waals surface area contributed by atoms with E-state index in [9.17, 15) is 29.1 Å². The van der Waals surface area contributed by atoms with Crippen LogP contribution >= 0.6 is 24.0 Å². The summed E-state index contributed by atoms with van der Waals surface area (Å²) in [6, 6.07) is 16.3. The minimum Gasteiger partial charge on any atom is -0.480 e. The first-order valence-corrected chi connectivity index (χ1v) is 18.1. The Kier molecular flexibility index (Phi) is 11.9. The number of benzene rings is 3. The number of rotatable bonds is 16. The predicted molar refractivity (Wildman–Crippen MR) is 199 cm³/mol. The first kappa shape index (κ1) is 36.9. The molecule has 0 radical (unpaired) electrons. The number of aliphatic carboxylic acids is 1. The summed E-state index contributed by atoms with van der Waals surface area (Å²) in [5, 5.41) is 23.5. The number of thiophene rings is 1. The molecule has 0 bridgehead atoms. The summed E-state index contributed by atoms with van der Waals surface area (Å²) in [6.07, 6.45) is 2.87. The maximum absolute atomic E-state index is 14.2. The number of nitrogens with one attached hydrogen (secondary N) is 5. The zero-order chi connectivity index (χ0) is 37.3. The number of hydrogen-bond acceptors (Lipinski definition) is 10. The highest BCUT2D eigenvalue weighted by Gasteiger charge is 2.32. The number of fused-ring (bicyclic) bond motifs is 2. The van der Waals surface area contributed by atoms with Crippen LogP contribution in [0.1, 0.15) is 27.2 Å². The lowest BCUT2D eigenvalue weighted by Crippen LogP contribution is -2.59. The number of aromatic nitrogens is 2. The fourth-order valence-corrected chi connectivity index (χ4v) is 7.02. The Hall–Kier alpha value is -5.87. The van der Waals surface area contributed by atoms with E-state index in [4.69, 9.17) is 9.47 Å². The second-order valence-corrected chi connectivity index (χ2v) is 13.5. The van der Waals surface area contributed by atoms with E-state index >= 15 is 0 Å². The highest BCUT2D eigenvalue weighted by Crippen LogP contribution is 2.32. The maximum Gasteiger partial charge on any atom is 0.326 e. The smallest absolute Gasteiger partial charge is 0.326 e. The zero-order valence-corrected chi connectivity index (χ0v) is 29.8. The third-order valence-electron chi connectivity index (χ3n) is 8.57. The van der Waals surface area contributed by atoms with Crippen LogP contribution in [0.3, 0.4) is 0 Å². The molecule has 274 valence electrons. The minimum atomic E-state index is -1.32. The standard InChI is InChI=1S/C37H36N6O8S2/c44-33(22-10-11-30-31(14-22)51-20-50-30)43-29(17-52)36(47)41-27(13-23-18-53-32-9-5-4-8-25(23)32)35(46)40-26(12-21-6-2-1-3-7-21)34(45)42-28(37(48)49)15-24-16-38-19-39-24/h1-11,14,16,18-19,26-29,52H,12-13,15,17,20H2,(H,38,39)(H,40,46)(H,41,47)(H,42,45)(H,43,44)(H,48,49)/t26-,27+,28+,29-/m1/s1. The van der Waals surface area contributed by atoms with Crippen LogP contribution in [0.15, 0.2) is 90.7 Å². The van der Waals surface area contributed by atoms with E-state index in [1.54, 1.807) is 30.3 Å². The van der Waals surface area contributed by atoms with E-state index in [1.807, 2.05) is 35.7 Å². The van der Waals surface area contributed by atoms with E-state index in [0.29, 0.717) is 22.8 Å². The maximum atomic E-state index is 14.2. The van der Waals surface area contributed by atoms with Crippen LogP contribution in [-0.4, -0.2) is 81.4 Å². The molecular formula is C37H36N6O8S2. The van der Waals surface area contributed by atoms with Gasteiger partial charge in [-0.25, -0.2) is 9.78 Å². The van der Waals surface area contributed by atoms with Gasteiger partial charge in [0, 0.05) is 47.2 Å². The number of carbonyl (C=O) groups excluding carboxylic acids is 4. The van der Waals surface area contributed by atoms with Gasteiger partial charge in [0.05, 0.1) is 6.33 Å². The van der Waals surface area contributed by atoms with Gasteiger partial charge in [-0.05, 0) is 46.2 Å². The van der Waals surface area contributed by atoms with Crippen molar-refractivity contribution in [2.24, 2.45) is 0 Å². The number of ether oxygens (including phenoxy) is 2. The van der Waals surface area contributed by atoms with Crippen LogP contribution in [0, 0.1) is 0 Å². The first-order valence-electron chi connectivity index (χ1n) is 16.6. The van der Waals surface area contributed by atoms with Crippen LogP contribution in [0.5, 0.6) is 11.5 Å². The fraction of sp³-hybridized carbons (Fsp3) is 0.243. The molecule has 0 unspecified atom stereocenters. The monoisotopic (exact) mass is 756 g/mol. The number of nitrogens with zero attached hydrogens (tertiary/aromatic N) is 1. The molecule has 1 aliphatic rings. The van der Waals surface area contributed by atoms with Gasteiger partial charge in [0.25, 0.3) is 5.91 Å². The van der Waals surface area contributed by atoms with Gasteiger partial charge < -0.3 is 40.8 Å². The summed E-state index contributed by atoms with van der Waals surface area (Å²) >= 11 is 5.79. The van der Waals surface area contributed by atoms with Gasteiger partial charge in [0.1, 0.15) is 24.2 Å². The largest absolute Gasteiger partial charge is 0.480 e. The van der Waals surface area contributed by atoms with Crippen LogP contribution < -0.4 is 30.7 Å². The Morgan fingerprint density at radius 2 is 1.47 bits per heavy atom. The minimum absolute atomic E-state index is 0.0295. The molecule has 6 N–H and O–H groups in total. The van der Waals surface area contributed by atoms with Crippen LogP contribution in [0.4, 0.5) is 0 Å². The van der Waals surface area contributed by atoms with Gasteiger partial charge in [-0.1, -0.05) is 48.5 Å². The second kappa shape index (κ2) is 17.1. The molecule has 14 nitrogen and oxygen atoms in total. The highest BCUT2D eigenvalue weighted by atomic mass is 32.1. The van der Waals surface area contributed by atoms with Crippen LogP contribution in [-0.2, 0) is 38.4 Å². The summed E-state index contributed by atoms with van der Waals surface area (Å²) < 4.78 is 11.7. The molecule has 0 aliphatic carbocycles. The predicted octanol–water partition coefficient (Wildman–Crippen LogP) is 2.65. The van der Waals surface area contributed by atoms with Gasteiger partial charge >= 0.3 is 5.97 Å². The number of amides is 4. The Bertz CT molecular complexity index is 2090. The Morgan fingerprint density at radius 1 is 0.792 bits per heavy atom. The van der Waals surface area contributed by atoms with Gasteiger partial charge in [-0.15, -0.1) is 11.3 Å². The van der Waals surface area contributed by atoms with Crippen LogP contribution in [0.2, 0.25) is 0 Å². The van der Waals surface area contributed by atoms with E-state index in [-0.39, 0.29) is 37.4 Å². The molecular weight excluding hydrogens is 721 g/mol. The molecule has 0 saturated heterocycles. The molecule has 1 aliphatic heterocycles. The van der Waals surface area contributed by atoms with Gasteiger partial charge in [-0.3, -0.25) is 19.2 Å². The van der Waals surface area contributed by atoms with Crippen molar-refractivity contribution in [3.8, 4) is 11.5 Å². The number of imidazole rings is 1. The SMILES string of the molecule is O=C(N[C@H](CS)C(=O)N[C@@H](Cc1csc2ccccc12)C(=O)N[C@H](Cc1ccccc1)C(=O)N[C@@H](Cc1cnc[nH]1)C(=O)O)c1ccc2c(c1)OCO2. The van der Waals surface area contributed by atoms with E-state index in [0.717, 1.165) is 15.6 Å². The number of hydrogen-bond donors (Lipinski definition) is 7. The van der Waals surface area contributed by atoms with Crippen molar-refractivity contribution in [2.45, 2.75) is 43.4 Å². The Balaban J connectivity index is 1.23. The molecule has 2 aromatic heterocycles. The summed E-state index contributed by atoms with van der Waals surface area (Å²) in [7, 11) is 0. The van der Waals surface area contributed by atoms with Gasteiger partial charge in [-0.2, -0.15) is 12.6 Å². The lowest BCUT2D eigenvalue weighted by molar-refractivity contribution is -0.142. The fourth-order valence-electron chi connectivity index (χ4n) is 5.79. The molecule has 5 aromatic rings. The number of carboxylic acid groups (broad SMARTS) is 1. The average Bonchev–Trinajstić information content (AvgIpc) is 3.95. The summed E-state index contributed by atoms with van der Waals surface area (Å²) in [5.41, 5.74) is 2.22. The molecule has 3 aromatic carbocycles. The lowest BCUT2D eigenvalue weighted by atomic mass is 10.0. The van der Waals surface area contributed by atoms with E-state index in [2.05, 4.69) is 43.9 Å². The van der Waals surface area contributed by atoms with Crippen molar-refractivity contribution in [3.05, 3.63) is 113 Å². The Morgan fingerprint density at radius 3 is 2.19 bits per heavy atom. The van der Waals surface area contributed by atoms with Crippen molar-refractivity contribution in [1.82, 2.24) is 31.2 Å². The molecule has 0 saturated carbocycles. The molecule has 0 fully saturated rings. The number of carboxylic acids is 1. The number of thiol groups is 1. The van der Waals surface area contributed by atoms with E-state index < -0.39 is 53.8 Å². The van der Waals surface area contributed by atoms with Crippen molar-refractivity contribution in [2.75, 3.05) is 12.5 Å². The summed E-state index contributed by atoms with van der Waals surface area (Å²) in [5.74, 6) is -3.13. The number of aromatic amines is 1. The topological polar surface area (TPSA) is 201 Å². The average molecular weight is 757 g/mol. The summed E-state index contributed by atoms with van der Waals surface area (Å²) in [6.45, 7) is 0.0319. The quantitative estimate of drug-likeness (QED) is 0.0740. The molecule has 0 spiro atoms. The van der Waals surface area contributed by atoms with Crippen molar-refractivity contribution in [3.63, 3.8) is 0 Å². The number of carbonyl (C=O) groups is 5. The van der Waals surface area contributed by atoms with Gasteiger partial charge in [0.15, 0.2) is 11.5 Å². The molecule has 3 heterocycles. The molecule has 4 atom stereocenters. The van der Waals surface area contributed by atoms with Gasteiger partial charge in [0.2, 0.25) is 24.5 Å². The molecule has 53 heavy (non-hydrogen) atoms. The molecule has 6 rings (SSSR count). The van der Waals surface area contributed by atoms with Crippen molar-refractivity contribution >= 4 is 63.6 Å². The third kappa shape index (κ3) is 9.33. The molecule has 16 heteroatoms. The van der Waals surface area contributed by atoms with Crippen molar-refractivity contribution in [1.29, 1.82) is 0 Å². The summed E-state index contributed by atoms with van der Waals surface area (Å²) in [4.78, 5) is 73.8.